The monoisotopic (exact) mass is 855 g/mol. The summed E-state index contributed by atoms with van der Waals surface area (Å²) in [4.78, 5) is 76.7. The van der Waals surface area contributed by atoms with Crippen LogP contribution in [-0.2, 0) is 30.3 Å². The molecule has 1 aromatic heterocycles. The number of anilines is 1. The van der Waals surface area contributed by atoms with Gasteiger partial charge in [-0.1, -0.05) is 92.7 Å². The number of nitrogens with two attached hydrogens (primary N) is 1. The Morgan fingerprint density at radius 2 is 1.73 bits per heavy atom. The molecule has 15 heteroatoms. The fourth-order valence-corrected chi connectivity index (χ4v) is 8.85. The van der Waals surface area contributed by atoms with Crippen LogP contribution in [0.3, 0.4) is 0 Å². The van der Waals surface area contributed by atoms with Crippen molar-refractivity contribution in [3.05, 3.63) is 45.9 Å². The topological polar surface area (TPSA) is 188 Å². The molecular formula is C45H74N8O6S. The van der Waals surface area contributed by atoms with Gasteiger partial charge in [0.25, 0.3) is 5.91 Å². The van der Waals surface area contributed by atoms with Crippen LogP contribution in [0, 0.1) is 17.3 Å². The highest BCUT2D eigenvalue weighted by Crippen LogP contribution is 2.32. The molecule has 336 valence electrons. The fourth-order valence-electron chi connectivity index (χ4n) is 8.01. The lowest BCUT2D eigenvalue weighted by Gasteiger charge is -2.40. The van der Waals surface area contributed by atoms with Gasteiger partial charge in [-0.25, -0.2) is 10.8 Å². The van der Waals surface area contributed by atoms with Crippen molar-refractivity contribution in [2.24, 2.45) is 23.1 Å². The summed E-state index contributed by atoms with van der Waals surface area (Å²) in [7, 11) is 3.81. The van der Waals surface area contributed by atoms with Crippen LogP contribution in [0.2, 0.25) is 0 Å². The molecule has 0 saturated carbocycles. The van der Waals surface area contributed by atoms with E-state index in [9.17, 15) is 24.0 Å². The van der Waals surface area contributed by atoms with Crippen LogP contribution in [0.25, 0.3) is 0 Å². The van der Waals surface area contributed by atoms with Crippen molar-refractivity contribution in [2.75, 3.05) is 32.5 Å². The third-order valence-electron chi connectivity index (χ3n) is 11.9. The average Bonchev–Trinajstić information content (AvgIpc) is 3.72. The number of carbonyl (C=O) groups is 5. The number of nitrogens with zero attached hydrogens (tertiary/aromatic N) is 3. The van der Waals surface area contributed by atoms with E-state index in [1.807, 2.05) is 57.1 Å². The SMILES string of the molecule is CCCCCCN(C(=O)[C@@H](NC(=O)[C@H]1CCCCN1C)[C@@H](C)CC)[C@H](C[C@@H](OC(C)=O)c1nc(C(=O)NC(Cc2ccc(NC)cc2)CC(C)(C)C(=O)NN)cs1)C(C)C. The smallest absolute Gasteiger partial charge is 0.303 e. The summed E-state index contributed by atoms with van der Waals surface area (Å²) in [5, 5.41) is 11.5. The predicted octanol–water partition coefficient (Wildman–Crippen LogP) is 6.38. The highest BCUT2D eigenvalue weighted by molar-refractivity contribution is 7.09. The number of hydrazine groups is 1. The molecule has 60 heavy (non-hydrogen) atoms. The number of benzene rings is 1. The quantitative estimate of drug-likeness (QED) is 0.0261. The standard InChI is InChI=1S/C45H74N8O6S/c1-11-13-14-16-24-53(43(57)39(30(5)12-2)50-41(56)36-18-15-17-23-52(36)10)37(29(3)4)26-38(59-31(6)54)42-49-35(28-60-42)40(55)48-34(27-45(7,8)44(58)51-46)25-32-19-21-33(47-9)22-20-32/h19-22,28-30,34,36-39,47H,11-18,23-27,46H2,1-10H3,(H,48,55)(H,50,56)(H,51,58)/t30-,34?,36+,37+,38+,39-/m0/s1. The number of unbranched alkanes of at least 4 members (excludes halogenated alkanes) is 3. The number of piperidine rings is 1. The lowest BCUT2D eigenvalue weighted by Crippen LogP contribution is -2.59. The Kier molecular flexibility index (Phi) is 20.4. The molecule has 0 radical (unpaired) electrons. The van der Waals surface area contributed by atoms with Gasteiger partial charge >= 0.3 is 5.97 Å². The Balaban J connectivity index is 1.95. The molecular weight excluding hydrogens is 781 g/mol. The molecule has 14 nitrogen and oxygen atoms in total. The van der Waals surface area contributed by atoms with Gasteiger partial charge in [0.2, 0.25) is 17.7 Å². The number of thiazole rings is 1. The minimum Gasteiger partial charge on any atom is -0.455 e. The molecule has 2 aromatic rings. The Bertz CT molecular complexity index is 1680. The van der Waals surface area contributed by atoms with Gasteiger partial charge in [-0.15, -0.1) is 11.3 Å². The van der Waals surface area contributed by atoms with Crippen LogP contribution in [0.4, 0.5) is 5.69 Å². The normalized spacial score (nSPS) is 17.2. The number of hydrogen-bond acceptors (Lipinski definition) is 11. The van der Waals surface area contributed by atoms with Crippen LogP contribution in [0.15, 0.2) is 29.6 Å². The van der Waals surface area contributed by atoms with Crippen LogP contribution in [0.1, 0.15) is 147 Å². The molecule has 6 N–H and O–H groups in total. The van der Waals surface area contributed by atoms with Crippen molar-refractivity contribution >= 4 is 46.6 Å². The Morgan fingerprint density at radius 3 is 2.32 bits per heavy atom. The number of carbonyl (C=O) groups excluding carboxylic acids is 5. The number of ether oxygens (including phenoxy) is 1. The third-order valence-corrected chi connectivity index (χ3v) is 12.8. The first-order valence-electron chi connectivity index (χ1n) is 22.0. The van der Waals surface area contributed by atoms with Crippen LogP contribution in [0.5, 0.6) is 0 Å². The van der Waals surface area contributed by atoms with Crippen molar-refractivity contribution in [2.45, 2.75) is 156 Å². The minimum absolute atomic E-state index is 0.0457. The van der Waals surface area contributed by atoms with E-state index in [2.05, 4.69) is 47.0 Å². The third kappa shape index (κ3) is 14.8. The molecule has 1 aliphatic heterocycles. The van der Waals surface area contributed by atoms with Crippen molar-refractivity contribution in [1.82, 2.24) is 30.8 Å². The highest BCUT2D eigenvalue weighted by Gasteiger charge is 2.39. The number of nitrogens with one attached hydrogen (secondary N) is 4. The van der Waals surface area contributed by atoms with Crippen LogP contribution >= 0.6 is 11.3 Å². The Hall–Kier alpha value is -4.08. The maximum absolute atomic E-state index is 14.9. The number of likely N-dealkylation sites (N-methyl/N-ethyl adjacent to an activating group) is 1. The Labute approximate surface area is 362 Å². The van der Waals surface area contributed by atoms with Crippen molar-refractivity contribution < 1.29 is 28.7 Å². The number of hydrogen-bond donors (Lipinski definition) is 5. The van der Waals surface area contributed by atoms with Crippen molar-refractivity contribution in [3.8, 4) is 0 Å². The van der Waals surface area contributed by atoms with E-state index in [1.165, 1.54) is 18.3 Å². The number of aromatic nitrogens is 1. The van der Waals surface area contributed by atoms with Gasteiger partial charge in [-0.3, -0.25) is 34.3 Å². The van der Waals surface area contributed by atoms with E-state index < -0.39 is 35.5 Å². The summed E-state index contributed by atoms with van der Waals surface area (Å²) in [6.07, 6.45) is 7.47. The first-order valence-corrected chi connectivity index (χ1v) is 22.9. The summed E-state index contributed by atoms with van der Waals surface area (Å²) < 4.78 is 5.95. The molecule has 0 aliphatic carbocycles. The molecule has 1 fully saturated rings. The van der Waals surface area contributed by atoms with Crippen LogP contribution < -0.4 is 27.2 Å². The molecule has 0 bridgehead atoms. The molecule has 1 aromatic carbocycles. The van der Waals surface area contributed by atoms with E-state index in [-0.39, 0.29) is 53.8 Å². The van der Waals surface area contributed by atoms with Gasteiger partial charge in [0.05, 0.1) is 6.04 Å². The molecule has 3 rings (SSSR count). The van der Waals surface area contributed by atoms with E-state index in [0.717, 1.165) is 62.7 Å². The number of amides is 4. The van der Waals surface area contributed by atoms with Crippen molar-refractivity contribution in [1.29, 1.82) is 0 Å². The lowest BCUT2D eigenvalue weighted by atomic mass is 9.83. The van der Waals surface area contributed by atoms with E-state index in [1.54, 1.807) is 19.2 Å². The maximum Gasteiger partial charge on any atom is 0.303 e. The van der Waals surface area contributed by atoms with E-state index >= 15 is 0 Å². The first-order chi connectivity index (χ1) is 28.5. The predicted molar refractivity (Wildman–Crippen MR) is 239 cm³/mol. The van der Waals surface area contributed by atoms with E-state index in [0.29, 0.717) is 30.8 Å². The first kappa shape index (κ1) is 50.3. The number of rotatable bonds is 24. The number of esters is 1. The fraction of sp³-hybridized carbons (Fsp3) is 0.689. The second kappa shape index (κ2) is 24.4. The molecule has 1 aliphatic rings. The van der Waals surface area contributed by atoms with Gasteiger partial charge in [0.15, 0.2) is 6.10 Å². The molecule has 6 atom stereocenters. The molecule has 4 amide bonds. The van der Waals surface area contributed by atoms with Crippen LogP contribution in [-0.4, -0.2) is 95.7 Å². The zero-order valence-electron chi connectivity index (χ0n) is 37.9. The van der Waals surface area contributed by atoms with Gasteiger partial charge in [-0.2, -0.15) is 0 Å². The summed E-state index contributed by atoms with van der Waals surface area (Å²) >= 11 is 1.22. The van der Waals surface area contributed by atoms with Gasteiger partial charge in [0.1, 0.15) is 16.7 Å². The lowest BCUT2D eigenvalue weighted by molar-refractivity contribution is -0.149. The van der Waals surface area contributed by atoms with Gasteiger partial charge < -0.3 is 25.6 Å². The average molecular weight is 855 g/mol. The zero-order valence-corrected chi connectivity index (χ0v) is 38.7. The van der Waals surface area contributed by atoms with Gasteiger partial charge in [-0.05, 0) is 75.2 Å². The van der Waals surface area contributed by atoms with Gasteiger partial charge in [0, 0.05) is 55.5 Å². The zero-order chi connectivity index (χ0) is 44.6. The Morgan fingerprint density at radius 1 is 1.03 bits per heavy atom. The maximum atomic E-state index is 14.9. The molecule has 1 saturated heterocycles. The summed E-state index contributed by atoms with van der Waals surface area (Å²) in [5.41, 5.74) is 3.44. The van der Waals surface area contributed by atoms with Crippen molar-refractivity contribution in [3.63, 3.8) is 0 Å². The summed E-state index contributed by atoms with van der Waals surface area (Å²) in [6, 6.07) is 6.03. The second-order valence-electron chi connectivity index (χ2n) is 17.6. The summed E-state index contributed by atoms with van der Waals surface area (Å²) in [6.45, 7) is 16.5. The highest BCUT2D eigenvalue weighted by atomic mass is 32.1. The minimum atomic E-state index is -0.889. The molecule has 2 heterocycles. The molecule has 1 unspecified atom stereocenters. The largest absolute Gasteiger partial charge is 0.455 e. The number of likely N-dealkylation sites (tertiary alicyclic amines) is 1. The van der Waals surface area contributed by atoms with E-state index in [4.69, 9.17) is 15.6 Å². The second-order valence-corrected chi connectivity index (χ2v) is 18.4. The molecule has 0 spiro atoms. The summed E-state index contributed by atoms with van der Waals surface area (Å²) in [5.74, 6) is 3.82.